The number of oxazole rings is 1. The molecule has 2 saturated carbocycles. The lowest BCUT2D eigenvalue weighted by Crippen LogP contribution is -2.18. The van der Waals surface area contributed by atoms with Crippen molar-refractivity contribution in [1.29, 1.82) is 0 Å². The van der Waals surface area contributed by atoms with Gasteiger partial charge in [-0.1, -0.05) is 0 Å². The second kappa shape index (κ2) is 2.63. The van der Waals surface area contributed by atoms with Crippen molar-refractivity contribution in [2.45, 2.75) is 37.1 Å². The van der Waals surface area contributed by atoms with Gasteiger partial charge in [0.05, 0.1) is 0 Å². The molecule has 0 atom stereocenters. The number of fused-ring (bicyclic) bond motifs is 1. The Morgan fingerprint density at radius 3 is 2.88 bits per heavy atom. The second-order valence-corrected chi connectivity index (χ2v) is 5.03. The Morgan fingerprint density at radius 2 is 2.19 bits per heavy atom. The summed E-state index contributed by atoms with van der Waals surface area (Å²) in [5.41, 5.74) is 8.60. The molecule has 16 heavy (non-hydrogen) atoms. The Morgan fingerprint density at radius 1 is 1.38 bits per heavy atom. The van der Waals surface area contributed by atoms with Crippen LogP contribution in [-0.4, -0.2) is 9.97 Å². The van der Waals surface area contributed by atoms with Gasteiger partial charge in [-0.2, -0.15) is 0 Å². The lowest BCUT2D eigenvalue weighted by molar-refractivity contribution is 0.524. The zero-order valence-electron chi connectivity index (χ0n) is 8.94. The van der Waals surface area contributed by atoms with Gasteiger partial charge in [0.2, 0.25) is 11.6 Å². The summed E-state index contributed by atoms with van der Waals surface area (Å²) in [7, 11) is 0. The van der Waals surface area contributed by atoms with E-state index in [1.807, 2.05) is 12.3 Å². The summed E-state index contributed by atoms with van der Waals surface area (Å²) < 4.78 is 5.62. The zero-order valence-corrected chi connectivity index (χ0v) is 8.94. The van der Waals surface area contributed by atoms with Crippen LogP contribution in [0.25, 0.3) is 11.2 Å². The average molecular weight is 215 g/mol. The van der Waals surface area contributed by atoms with Crippen molar-refractivity contribution in [3.05, 3.63) is 23.7 Å². The highest BCUT2D eigenvalue weighted by atomic mass is 16.4. The van der Waals surface area contributed by atoms with Gasteiger partial charge in [-0.25, -0.2) is 9.97 Å². The van der Waals surface area contributed by atoms with E-state index in [2.05, 4.69) is 9.97 Å². The summed E-state index contributed by atoms with van der Waals surface area (Å²) in [6.07, 6.45) is 6.32. The van der Waals surface area contributed by atoms with Crippen LogP contribution in [-0.2, 0) is 5.54 Å². The Labute approximate surface area is 92.9 Å². The molecule has 0 unspecified atom stereocenters. The predicted octanol–water partition coefficient (Wildman–Crippen LogP) is 2.05. The predicted molar refractivity (Wildman–Crippen MR) is 58.9 cm³/mol. The molecule has 2 N–H and O–H groups in total. The molecule has 4 heteroatoms. The molecule has 0 aliphatic heterocycles. The van der Waals surface area contributed by atoms with E-state index in [0.29, 0.717) is 11.6 Å². The molecule has 4 rings (SSSR count). The van der Waals surface area contributed by atoms with E-state index in [1.165, 1.54) is 12.8 Å². The van der Waals surface area contributed by atoms with E-state index in [9.17, 15) is 0 Å². The lowest BCUT2D eigenvalue weighted by atomic mass is 10.1. The highest BCUT2D eigenvalue weighted by Gasteiger charge is 2.40. The number of aromatic nitrogens is 2. The minimum absolute atomic E-state index is 0.139. The molecule has 0 amide bonds. The Balaban J connectivity index is 1.84. The minimum Gasteiger partial charge on any atom is -0.422 e. The summed E-state index contributed by atoms with van der Waals surface area (Å²) in [4.78, 5) is 8.80. The smallest absolute Gasteiger partial charge is 0.246 e. The first-order valence-electron chi connectivity index (χ1n) is 5.80. The first-order valence-corrected chi connectivity index (χ1v) is 5.80. The summed E-state index contributed by atoms with van der Waals surface area (Å²) in [5, 5.41) is 0. The third kappa shape index (κ3) is 1.19. The number of hydrogen-bond donors (Lipinski definition) is 1. The molecule has 0 radical (unpaired) electrons. The average Bonchev–Trinajstić information content (AvgIpc) is 3.19. The largest absolute Gasteiger partial charge is 0.422 e. The molecule has 2 fully saturated rings. The van der Waals surface area contributed by atoms with Crippen molar-refractivity contribution in [3.63, 3.8) is 0 Å². The van der Waals surface area contributed by atoms with E-state index in [-0.39, 0.29) is 5.54 Å². The zero-order chi connectivity index (χ0) is 10.8. The first kappa shape index (κ1) is 8.70. The van der Waals surface area contributed by atoms with Gasteiger partial charge >= 0.3 is 0 Å². The standard InChI is InChI=1S/C12H13N3O/c13-12(3-4-12)8-5-9-11(14-6-8)16-10(15-9)7-1-2-7/h5-7H,1-4,13H2. The fourth-order valence-electron chi connectivity index (χ4n) is 2.04. The van der Waals surface area contributed by atoms with Crippen LogP contribution in [0, 0.1) is 0 Å². The van der Waals surface area contributed by atoms with E-state index in [0.717, 1.165) is 29.8 Å². The van der Waals surface area contributed by atoms with Gasteiger partial charge in [0, 0.05) is 17.7 Å². The molecule has 82 valence electrons. The van der Waals surface area contributed by atoms with Gasteiger partial charge in [0.15, 0.2) is 0 Å². The summed E-state index contributed by atoms with van der Waals surface area (Å²) >= 11 is 0. The van der Waals surface area contributed by atoms with E-state index < -0.39 is 0 Å². The Hall–Kier alpha value is -1.42. The van der Waals surface area contributed by atoms with Crippen molar-refractivity contribution in [1.82, 2.24) is 9.97 Å². The van der Waals surface area contributed by atoms with Crippen molar-refractivity contribution >= 4 is 11.2 Å². The van der Waals surface area contributed by atoms with Crippen molar-refractivity contribution < 1.29 is 4.42 Å². The monoisotopic (exact) mass is 215 g/mol. The van der Waals surface area contributed by atoms with Crippen LogP contribution in [0.1, 0.15) is 43.1 Å². The van der Waals surface area contributed by atoms with Crippen LogP contribution in [0.5, 0.6) is 0 Å². The molecule has 2 aromatic rings. The molecular formula is C12H13N3O. The van der Waals surface area contributed by atoms with Crippen LogP contribution in [0.2, 0.25) is 0 Å². The third-order valence-corrected chi connectivity index (χ3v) is 3.55. The normalized spacial score (nSPS) is 22.6. The van der Waals surface area contributed by atoms with Crippen molar-refractivity contribution in [3.8, 4) is 0 Å². The Kier molecular flexibility index (Phi) is 1.43. The fourth-order valence-corrected chi connectivity index (χ4v) is 2.04. The molecule has 2 aromatic heterocycles. The first-order chi connectivity index (χ1) is 7.74. The van der Waals surface area contributed by atoms with Crippen LogP contribution in [0.3, 0.4) is 0 Å². The maximum atomic E-state index is 6.14. The molecule has 0 aromatic carbocycles. The number of nitrogens with two attached hydrogens (primary N) is 1. The molecule has 0 saturated heterocycles. The highest BCUT2D eigenvalue weighted by Crippen LogP contribution is 2.44. The number of rotatable bonds is 2. The molecular weight excluding hydrogens is 202 g/mol. The summed E-state index contributed by atoms with van der Waals surface area (Å²) in [6.45, 7) is 0. The van der Waals surface area contributed by atoms with Crippen LogP contribution < -0.4 is 5.73 Å². The SMILES string of the molecule is NC1(c2cnc3oc(C4CC4)nc3c2)CC1. The van der Waals surface area contributed by atoms with E-state index in [1.54, 1.807) is 0 Å². The quantitative estimate of drug-likeness (QED) is 0.832. The summed E-state index contributed by atoms with van der Waals surface area (Å²) in [6, 6.07) is 2.03. The van der Waals surface area contributed by atoms with Gasteiger partial charge in [0.25, 0.3) is 0 Å². The van der Waals surface area contributed by atoms with Gasteiger partial charge in [-0.3, -0.25) is 0 Å². The maximum Gasteiger partial charge on any atom is 0.246 e. The lowest BCUT2D eigenvalue weighted by Gasteiger charge is -2.06. The number of pyridine rings is 1. The van der Waals surface area contributed by atoms with Crippen LogP contribution in [0.4, 0.5) is 0 Å². The maximum absolute atomic E-state index is 6.14. The van der Waals surface area contributed by atoms with Gasteiger partial charge < -0.3 is 10.2 Å². The molecule has 4 nitrogen and oxygen atoms in total. The molecule has 0 spiro atoms. The molecule has 2 aliphatic rings. The topological polar surface area (TPSA) is 64.9 Å². The third-order valence-electron chi connectivity index (χ3n) is 3.55. The molecule has 2 aliphatic carbocycles. The van der Waals surface area contributed by atoms with E-state index in [4.69, 9.17) is 10.2 Å². The number of hydrogen-bond acceptors (Lipinski definition) is 4. The Bertz CT molecular complexity index is 567. The van der Waals surface area contributed by atoms with Gasteiger partial charge in [-0.05, 0) is 37.3 Å². The summed E-state index contributed by atoms with van der Waals surface area (Å²) in [5.74, 6) is 1.38. The van der Waals surface area contributed by atoms with Crippen LogP contribution >= 0.6 is 0 Å². The van der Waals surface area contributed by atoms with E-state index >= 15 is 0 Å². The van der Waals surface area contributed by atoms with Gasteiger partial charge in [0.1, 0.15) is 5.52 Å². The van der Waals surface area contributed by atoms with Crippen molar-refractivity contribution in [2.24, 2.45) is 5.73 Å². The molecule has 0 bridgehead atoms. The fraction of sp³-hybridized carbons (Fsp3) is 0.500. The highest BCUT2D eigenvalue weighted by molar-refractivity contribution is 5.69. The second-order valence-electron chi connectivity index (χ2n) is 5.03. The van der Waals surface area contributed by atoms with Gasteiger partial charge in [-0.15, -0.1) is 0 Å². The van der Waals surface area contributed by atoms with Crippen molar-refractivity contribution in [2.75, 3.05) is 0 Å². The minimum atomic E-state index is -0.139. The number of nitrogens with zero attached hydrogens (tertiary/aromatic N) is 2. The molecule has 2 heterocycles. The van der Waals surface area contributed by atoms with Crippen LogP contribution in [0.15, 0.2) is 16.7 Å².